The van der Waals surface area contributed by atoms with Crippen LogP contribution in [0.2, 0.25) is 5.02 Å². The van der Waals surface area contributed by atoms with E-state index in [0.29, 0.717) is 24.0 Å². The van der Waals surface area contributed by atoms with Crippen molar-refractivity contribution in [3.63, 3.8) is 0 Å². The summed E-state index contributed by atoms with van der Waals surface area (Å²) in [6.07, 6.45) is 2.84. The van der Waals surface area contributed by atoms with Crippen molar-refractivity contribution >= 4 is 11.6 Å². The van der Waals surface area contributed by atoms with Crippen LogP contribution in [-0.2, 0) is 6.54 Å². The van der Waals surface area contributed by atoms with Gasteiger partial charge in [-0.3, -0.25) is 4.68 Å². The minimum absolute atomic E-state index is 0.431. The molecule has 4 nitrogen and oxygen atoms in total. The van der Waals surface area contributed by atoms with Crippen LogP contribution < -0.4 is 5.32 Å². The largest absolute Gasteiger partial charge is 0.390 e. The van der Waals surface area contributed by atoms with E-state index >= 15 is 0 Å². The van der Waals surface area contributed by atoms with Gasteiger partial charge in [0.25, 0.3) is 0 Å². The van der Waals surface area contributed by atoms with Gasteiger partial charge < -0.3 is 10.4 Å². The molecule has 0 spiro atoms. The molecule has 1 heterocycles. The first-order valence-electron chi connectivity index (χ1n) is 5.14. The van der Waals surface area contributed by atoms with Crippen LogP contribution in [0.3, 0.4) is 0 Å². The number of aliphatic hydroxyl groups excluding tert-OH is 1. The molecular weight excluding hydrogens is 214 g/mol. The Labute approximate surface area is 95.2 Å². The highest BCUT2D eigenvalue weighted by atomic mass is 35.5. The lowest BCUT2D eigenvalue weighted by molar-refractivity contribution is 0.146. The van der Waals surface area contributed by atoms with Gasteiger partial charge in [-0.25, -0.2) is 0 Å². The fourth-order valence-electron chi connectivity index (χ4n) is 1.26. The van der Waals surface area contributed by atoms with Gasteiger partial charge in [0.15, 0.2) is 0 Å². The van der Waals surface area contributed by atoms with Crippen molar-refractivity contribution in [2.45, 2.75) is 26.5 Å². The maximum Gasteiger partial charge on any atom is 0.0860 e. The Balaban J connectivity index is 2.21. The van der Waals surface area contributed by atoms with Crippen molar-refractivity contribution < 1.29 is 5.11 Å². The Morgan fingerprint density at radius 3 is 2.80 bits per heavy atom. The molecule has 0 aliphatic heterocycles. The van der Waals surface area contributed by atoms with E-state index in [-0.39, 0.29) is 0 Å². The van der Waals surface area contributed by atoms with Gasteiger partial charge in [0.1, 0.15) is 0 Å². The van der Waals surface area contributed by atoms with Crippen molar-refractivity contribution in [2.24, 2.45) is 5.92 Å². The fourth-order valence-corrected chi connectivity index (χ4v) is 1.41. The summed E-state index contributed by atoms with van der Waals surface area (Å²) in [5.74, 6) is 0.594. The van der Waals surface area contributed by atoms with Gasteiger partial charge in [-0.1, -0.05) is 25.4 Å². The van der Waals surface area contributed by atoms with E-state index < -0.39 is 6.10 Å². The molecule has 0 saturated carbocycles. The summed E-state index contributed by atoms with van der Waals surface area (Å²) in [6.45, 7) is 6.23. The Morgan fingerprint density at radius 2 is 2.27 bits per heavy atom. The van der Waals surface area contributed by atoms with Crippen molar-refractivity contribution in [1.82, 2.24) is 15.1 Å². The predicted octanol–water partition coefficient (Wildman–Crippen LogP) is 1.14. The lowest BCUT2D eigenvalue weighted by Crippen LogP contribution is -2.32. The van der Waals surface area contributed by atoms with Gasteiger partial charge in [-0.2, -0.15) is 5.10 Å². The molecule has 1 rings (SSSR count). The first kappa shape index (κ1) is 12.5. The first-order valence-corrected chi connectivity index (χ1v) is 5.52. The topological polar surface area (TPSA) is 50.1 Å². The maximum absolute atomic E-state index is 9.66. The molecule has 0 saturated heterocycles. The quantitative estimate of drug-likeness (QED) is 0.772. The summed E-state index contributed by atoms with van der Waals surface area (Å²) in [7, 11) is 0. The highest BCUT2D eigenvalue weighted by Gasteiger charge is 2.06. The lowest BCUT2D eigenvalue weighted by Gasteiger charge is -2.13. The van der Waals surface area contributed by atoms with Crippen LogP contribution in [-0.4, -0.2) is 34.1 Å². The standard InChI is InChI=1S/C10H18ClN3O/c1-8(2)3-12-5-10(15)7-14-6-9(11)4-13-14/h4,6,8,10,12,15H,3,5,7H2,1-2H3. The highest BCUT2D eigenvalue weighted by molar-refractivity contribution is 6.30. The van der Waals surface area contributed by atoms with Crippen LogP contribution in [0.25, 0.3) is 0 Å². The summed E-state index contributed by atoms with van der Waals surface area (Å²) in [4.78, 5) is 0. The zero-order valence-corrected chi connectivity index (χ0v) is 9.91. The fraction of sp³-hybridized carbons (Fsp3) is 0.700. The Hall–Kier alpha value is -0.580. The highest BCUT2D eigenvalue weighted by Crippen LogP contribution is 2.04. The van der Waals surface area contributed by atoms with Crippen molar-refractivity contribution in [2.75, 3.05) is 13.1 Å². The van der Waals surface area contributed by atoms with Gasteiger partial charge in [0, 0.05) is 12.7 Å². The Kier molecular flexibility index (Phi) is 5.08. The minimum atomic E-state index is -0.431. The molecule has 0 bridgehead atoms. The molecule has 0 amide bonds. The molecule has 1 unspecified atom stereocenters. The van der Waals surface area contributed by atoms with Crippen molar-refractivity contribution in [3.8, 4) is 0 Å². The molecule has 2 N–H and O–H groups in total. The average molecular weight is 232 g/mol. The van der Waals surface area contributed by atoms with E-state index in [9.17, 15) is 5.11 Å². The molecule has 5 heteroatoms. The van der Waals surface area contributed by atoms with E-state index in [4.69, 9.17) is 11.6 Å². The second-order valence-electron chi connectivity index (χ2n) is 4.09. The van der Waals surface area contributed by atoms with Crippen LogP contribution in [0.15, 0.2) is 12.4 Å². The van der Waals surface area contributed by atoms with Crippen molar-refractivity contribution in [3.05, 3.63) is 17.4 Å². The molecule has 86 valence electrons. The van der Waals surface area contributed by atoms with Crippen LogP contribution in [0.4, 0.5) is 0 Å². The van der Waals surface area contributed by atoms with E-state index in [1.165, 1.54) is 0 Å². The number of rotatable bonds is 6. The van der Waals surface area contributed by atoms with E-state index in [1.54, 1.807) is 17.1 Å². The second-order valence-corrected chi connectivity index (χ2v) is 4.52. The Bertz CT molecular complexity index is 288. The second kappa shape index (κ2) is 6.10. The van der Waals surface area contributed by atoms with Crippen LogP contribution in [0.5, 0.6) is 0 Å². The van der Waals surface area contributed by atoms with Crippen LogP contribution in [0, 0.1) is 5.92 Å². The van der Waals surface area contributed by atoms with E-state index in [0.717, 1.165) is 6.54 Å². The average Bonchev–Trinajstić information content (AvgIpc) is 2.50. The molecule has 1 aromatic heterocycles. The van der Waals surface area contributed by atoms with Crippen LogP contribution in [0.1, 0.15) is 13.8 Å². The molecular formula is C10H18ClN3O. The number of aliphatic hydroxyl groups is 1. The van der Waals surface area contributed by atoms with Gasteiger partial charge in [-0.05, 0) is 12.5 Å². The maximum atomic E-state index is 9.66. The SMILES string of the molecule is CC(C)CNCC(O)Cn1cc(Cl)cn1. The van der Waals surface area contributed by atoms with Crippen LogP contribution >= 0.6 is 11.6 Å². The zero-order valence-electron chi connectivity index (χ0n) is 9.15. The third-order valence-electron chi connectivity index (χ3n) is 1.93. The molecule has 0 radical (unpaired) electrons. The number of nitrogens with one attached hydrogen (secondary N) is 1. The zero-order chi connectivity index (χ0) is 11.3. The van der Waals surface area contributed by atoms with E-state index in [1.807, 2.05) is 0 Å². The molecule has 1 aromatic rings. The van der Waals surface area contributed by atoms with Gasteiger partial charge in [0.05, 0.1) is 23.9 Å². The summed E-state index contributed by atoms with van der Waals surface area (Å²) < 4.78 is 1.64. The molecule has 15 heavy (non-hydrogen) atoms. The van der Waals surface area contributed by atoms with Gasteiger partial charge in [0.2, 0.25) is 0 Å². The van der Waals surface area contributed by atoms with Gasteiger partial charge in [-0.15, -0.1) is 0 Å². The third-order valence-corrected chi connectivity index (χ3v) is 2.13. The number of aromatic nitrogens is 2. The number of nitrogens with zero attached hydrogens (tertiary/aromatic N) is 2. The lowest BCUT2D eigenvalue weighted by atomic mass is 10.2. The third kappa shape index (κ3) is 5.16. The molecule has 0 fully saturated rings. The van der Waals surface area contributed by atoms with Gasteiger partial charge >= 0.3 is 0 Å². The molecule has 0 aliphatic carbocycles. The predicted molar refractivity (Wildman–Crippen MR) is 61.0 cm³/mol. The smallest absolute Gasteiger partial charge is 0.0860 e. The number of hydrogen-bond donors (Lipinski definition) is 2. The summed E-state index contributed by atoms with van der Waals surface area (Å²) >= 11 is 5.71. The minimum Gasteiger partial charge on any atom is -0.390 e. The Morgan fingerprint density at radius 1 is 1.53 bits per heavy atom. The number of halogens is 1. The summed E-state index contributed by atoms with van der Waals surface area (Å²) in [5.41, 5.74) is 0. The normalized spacial score (nSPS) is 13.4. The molecule has 0 aliphatic rings. The molecule has 1 atom stereocenters. The monoisotopic (exact) mass is 231 g/mol. The van der Waals surface area contributed by atoms with E-state index in [2.05, 4.69) is 24.3 Å². The van der Waals surface area contributed by atoms with Crippen molar-refractivity contribution in [1.29, 1.82) is 0 Å². The number of hydrogen-bond acceptors (Lipinski definition) is 3. The molecule has 0 aromatic carbocycles. The summed E-state index contributed by atoms with van der Waals surface area (Å²) in [6, 6.07) is 0. The summed E-state index contributed by atoms with van der Waals surface area (Å²) in [5, 5.41) is 17.4. The first-order chi connectivity index (χ1) is 7.08.